The van der Waals surface area contributed by atoms with Crippen LogP contribution >= 0.6 is 11.6 Å². The van der Waals surface area contributed by atoms with Crippen LogP contribution in [0, 0.1) is 23.3 Å². The molecule has 3 rings (SSSR count). The summed E-state index contributed by atoms with van der Waals surface area (Å²) in [7, 11) is 0. The van der Waals surface area contributed by atoms with E-state index in [4.69, 9.17) is 11.6 Å². The molecule has 0 N–H and O–H groups in total. The highest BCUT2D eigenvalue weighted by molar-refractivity contribution is 6.17. The summed E-state index contributed by atoms with van der Waals surface area (Å²) >= 11 is 5.77. The number of hydrogen-bond donors (Lipinski definition) is 0. The first-order valence-corrected chi connectivity index (χ1v) is 6.42. The average molecular weight is 315 g/mol. The van der Waals surface area contributed by atoms with E-state index in [1.54, 1.807) is 0 Å². The Morgan fingerprint density at radius 2 is 1.67 bits per heavy atom. The third-order valence-corrected chi connectivity index (χ3v) is 3.27. The molecule has 0 saturated heterocycles. The fourth-order valence-corrected chi connectivity index (χ4v) is 2.33. The standard InChI is InChI=1S/C14H7ClF4N2/c15-6-13-20-11-3-7(16)1-2-12(11)21(13)8-4-9(17)14(19)10(18)5-8/h1-5H,6H2. The van der Waals surface area contributed by atoms with Gasteiger partial charge in [0.25, 0.3) is 0 Å². The maximum atomic E-state index is 13.4. The van der Waals surface area contributed by atoms with Crippen LogP contribution in [-0.4, -0.2) is 9.55 Å². The summed E-state index contributed by atoms with van der Waals surface area (Å²) in [6.07, 6.45) is 0. The lowest BCUT2D eigenvalue weighted by Gasteiger charge is -2.09. The van der Waals surface area contributed by atoms with Gasteiger partial charge in [0.05, 0.1) is 22.6 Å². The van der Waals surface area contributed by atoms with Crippen LogP contribution in [0.25, 0.3) is 16.7 Å². The molecule has 21 heavy (non-hydrogen) atoms. The zero-order chi connectivity index (χ0) is 15.1. The van der Waals surface area contributed by atoms with E-state index in [-0.39, 0.29) is 22.9 Å². The van der Waals surface area contributed by atoms with E-state index in [2.05, 4.69) is 4.98 Å². The molecule has 3 aromatic rings. The van der Waals surface area contributed by atoms with Crippen LogP contribution in [0.1, 0.15) is 5.82 Å². The number of imidazole rings is 1. The lowest BCUT2D eigenvalue weighted by Crippen LogP contribution is -2.02. The molecule has 0 spiro atoms. The SMILES string of the molecule is Fc1ccc2c(c1)nc(CCl)n2-c1cc(F)c(F)c(F)c1. The summed E-state index contributed by atoms with van der Waals surface area (Å²) in [6.45, 7) is 0. The molecule has 0 amide bonds. The highest BCUT2D eigenvalue weighted by atomic mass is 35.5. The van der Waals surface area contributed by atoms with E-state index >= 15 is 0 Å². The average Bonchev–Trinajstić information content (AvgIpc) is 2.81. The predicted octanol–water partition coefficient (Wildman–Crippen LogP) is 4.32. The number of hydrogen-bond acceptors (Lipinski definition) is 1. The summed E-state index contributed by atoms with van der Waals surface area (Å²) in [5, 5.41) is 0. The Kier molecular flexibility index (Phi) is 3.33. The van der Waals surface area contributed by atoms with Gasteiger partial charge in [-0.2, -0.15) is 0 Å². The van der Waals surface area contributed by atoms with E-state index in [0.717, 1.165) is 12.1 Å². The van der Waals surface area contributed by atoms with Gasteiger partial charge in [0.1, 0.15) is 11.6 Å². The monoisotopic (exact) mass is 314 g/mol. The van der Waals surface area contributed by atoms with Crippen LogP contribution in [0.4, 0.5) is 17.6 Å². The molecule has 1 heterocycles. The van der Waals surface area contributed by atoms with E-state index in [1.807, 2.05) is 0 Å². The highest BCUT2D eigenvalue weighted by Crippen LogP contribution is 2.25. The largest absolute Gasteiger partial charge is 0.295 e. The van der Waals surface area contributed by atoms with Crippen molar-refractivity contribution in [3.8, 4) is 5.69 Å². The van der Waals surface area contributed by atoms with Crippen molar-refractivity contribution in [2.45, 2.75) is 5.88 Å². The Bertz CT molecular complexity index is 821. The third-order valence-electron chi connectivity index (χ3n) is 3.03. The number of rotatable bonds is 2. The summed E-state index contributed by atoms with van der Waals surface area (Å²) < 4.78 is 54.4. The Morgan fingerprint density at radius 3 is 2.29 bits per heavy atom. The number of halogens is 5. The summed E-state index contributed by atoms with van der Waals surface area (Å²) in [5.74, 6) is -4.49. The molecule has 0 fully saturated rings. The molecule has 0 radical (unpaired) electrons. The molecule has 0 unspecified atom stereocenters. The molecule has 0 aliphatic rings. The van der Waals surface area contributed by atoms with E-state index in [0.29, 0.717) is 5.52 Å². The smallest absolute Gasteiger partial charge is 0.194 e. The number of benzene rings is 2. The van der Waals surface area contributed by atoms with Gasteiger partial charge in [-0.05, 0) is 12.1 Å². The van der Waals surface area contributed by atoms with Gasteiger partial charge in [-0.25, -0.2) is 22.5 Å². The Hall–Kier alpha value is -2.08. The van der Waals surface area contributed by atoms with E-state index < -0.39 is 23.3 Å². The van der Waals surface area contributed by atoms with Crippen LogP contribution in [0.5, 0.6) is 0 Å². The van der Waals surface area contributed by atoms with Crippen LogP contribution in [0.15, 0.2) is 30.3 Å². The van der Waals surface area contributed by atoms with Gasteiger partial charge < -0.3 is 0 Å². The van der Waals surface area contributed by atoms with Crippen LogP contribution in [0.2, 0.25) is 0 Å². The van der Waals surface area contributed by atoms with Gasteiger partial charge in [0.2, 0.25) is 0 Å². The summed E-state index contributed by atoms with van der Waals surface area (Å²) in [4.78, 5) is 4.10. The molecule has 108 valence electrons. The van der Waals surface area contributed by atoms with Crippen molar-refractivity contribution in [2.75, 3.05) is 0 Å². The van der Waals surface area contributed by atoms with E-state index in [9.17, 15) is 17.6 Å². The molecule has 2 nitrogen and oxygen atoms in total. The number of nitrogens with zero attached hydrogens (tertiary/aromatic N) is 2. The number of alkyl halides is 1. The van der Waals surface area contributed by atoms with E-state index in [1.165, 1.54) is 22.8 Å². The molecule has 0 saturated carbocycles. The second-order valence-corrected chi connectivity index (χ2v) is 4.62. The van der Waals surface area contributed by atoms with Gasteiger partial charge in [-0.3, -0.25) is 4.57 Å². The minimum absolute atomic E-state index is 0.0242. The van der Waals surface area contributed by atoms with Crippen molar-refractivity contribution in [1.82, 2.24) is 9.55 Å². The fraction of sp³-hybridized carbons (Fsp3) is 0.0714. The number of aromatic nitrogens is 2. The van der Waals surface area contributed by atoms with Crippen molar-refractivity contribution in [3.05, 3.63) is 59.4 Å². The van der Waals surface area contributed by atoms with Gasteiger partial charge in [-0.15, -0.1) is 11.6 Å². The predicted molar refractivity (Wildman–Crippen MR) is 70.5 cm³/mol. The molecule has 2 aromatic carbocycles. The molecular formula is C14H7ClF4N2. The topological polar surface area (TPSA) is 17.8 Å². The zero-order valence-corrected chi connectivity index (χ0v) is 11.1. The van der Waals surface area contributed by atoms with Crippen LogP contribution in [0.3, 0.4) is 0 Å². The first-order valence-electron chi connectivity index (χ1n) is 5.89. The Morgan fingerprint density at radius 1 is 1.00 bits per heavy atom. The maximum absolute atomic E-state index is 13.4. The number of fused-ring (bicyclic) bond motifs is 1. The van der Waals surface area contributed by atoms with Crippen LogP contribution < -0.4 is 0 Å². The summed E-state index contributed by atoms with van der Waals surface area (Å²) in [6, 6.07) is 5.44. The fourth-order valence-electron chi connectivity index (χ4n) is 2.15. The Balaban J connectivity index is 2.33. The van der Waals surface area contributed by atoms with Gasteiger partial charge in [0.15, 0.2) is 17.5 Å². The molecule has 0 bridgehead atoms. The molecular weight excluding hydrogens is 308 g/mol. The zero-order valence-electron chi connectivity index (χ0n) is 10.4. The van der Waals surface area contributed by atoms with Gasteiger partial charge in [-0.1, -0.05) is 0 Å². The quantitative estimate of drug-likeness (QED) is 0.391. The highest BCUT2D eigenvalue weighted by Gasteiger charge is 2.17. The van der Waals surface area contributed by atoms with Crippen molar-refractivity contribution in [1.29, 1.82) is 0 Å². The molecule has 0 aliphatic heterocycles. The lowest BCUT2D eigenvalue weighted by atomic mass is 10.2. The van der Waals surface area contributed by atoms with Crippen molar-refractivity contribution < 1.29 is 17.6 Å². The lowest BCUT2D eigenvalue weighted by molar-refractivity contribution is 0.446. The van der Waals surface area contributed by atoms with Crippen molar-refractivity contribution in [2.24, 2.45) is 0 Å². The second-order valence-electron chi connectivity index (χ2n) is 4.35. The van der Waals surface area contributed by atoms with Crippen LogP contribution in [-0.2, 0) is 5.88 Å². The second kappa shape index (κ2) is 5.04. The van der Waals surface area contributed by atoms with Crippen molar-refractivity contribution >= 4 is 22.6 Å². The first kappa shape index (κ1) is 13.9. The third kappa shape index (κ3) is 2.25. The minimum atomic E-state index is -1.55. The molecule has 0 aliphatic carbocycles. The van der Waals surface area contributed by atoms with Crippen molar-refractivity contribution in [3.63, 3.8) is 0 Å². The summed E-state index contributed by atoms with van der Waals surface area (Å²) in [5.41, 5.74) is 0.726. The van der Waals surface area contributed by atoms with Gasteiger partial charge in [0, 0.05) is 18.2 Å². The first-order chi connectivity index (χ1) is 10.0. The minimum Gasteiger partial charge on any atom is -0.295 e. The molecule has 0 atom stereocenters. The van der Waals surface area contributed by atoms with Gasteiger partial charge >= 0.3 is 0 Å². The normalized spacial score (nSPS) is 11.3. The molecule has 1 aromatic heterocycles. The Labute approximate surface area is 121 Å². The maximum Gasteiger partial charge on any atom is 0.194 e. The molecule has 7 heteroatoms.